The zero-order valence-corrected chi connectivity index (χ0v) is 16.2. The van der Waals surface area contributed by atoms with Gasteiger partial charge in [-0.3, -0.25) is 14.5 Å². The summed E-state index contributed by atoms with van der Waals surface area (Å²) in [6.45, 7) is 6.68. The van der Waals surface area contributed by atoms with Crippen LogP contribution in [-0.2, 0) is 24.2 Å². The SMILES string of the molecule is CCN(C(=O)C1(C(=O)NCCN2CCOCC2)CC1)C1CCS(=O)(=O)C1. The summed E-state index contributed by atoms with van der Waals surface area (Å²) < 4.78 is 28.8. The quantitative estimate of drug-likeness (QED) is 0.578. The first-order valence-corrected chi connectivity index (χ1v) is 11.3. The lowest BCUT2D eigenvalue weighted by Gasteiger charge is -2.31. The molecule has 0 aromatic rings. The van der Waals surface area contributed by atoms with E-state index in [2.05, 4.69) is 10.2 Å². The Morgan fingerprint density at radius 1 is 1.27 bits per heavy atom. The van der Waals surface area contributed by atoms with Gasteiger partial charge in [0.15, 0.2) is 9.84 Å². The highest BCUT2D eigenvalue weighted by Crippen LogP contribution is 2.48. The van der Waals surface area contributed by atoms with Gasteiger partial charge in [-0.1, -0.05) is 0 Å². The number of hydrogen-bond acceptors (Lipinski definition) is 6. The predicted molar refractivity (Wildman–Crippen MR) is 96.4 cm³/mol. The molecule has 3 rings (SSSR count). The third kappa shape index (κ3) is 4.20. The van der Waals surface area contributed by atoms with Gasteiger partial charge in [-0.2, -0.15) is 0 Å². The van der Waals surface area contributed by atoms with E-state index in [4.69, 9.17) is 4.74 Å². The molecule has 1 atom stereocenters. The van der Waals surface area contributed by atoms with Crippen molar-refractivity contribution in [1.29, 1.82) is 0 Å². The van der Waals surface area contributed by atoms with Crippen molar-refractivity contribution in [2.75, 3.05) is 57.4 Å². The van der Waals surface area contributed by atoms with E-state index in [0.29, 0.717) is 45.6 Å². The second-order valence-corrected chi connectivity index (χ2v) is 9.67. The molecule has 0 spiro atoms. The highest BCUT2D eigenvalue weighted by atomic mass is 32.2. The van der Waals surface area contributed by atoms with E-state index >= 15 is 0 Å². The van der Waals surface area contributed by atoms with Crippen molar-refractivity contribution in [2.45, 2.75) is 32.2 Å². The van der Waals surface area contributed by atoms with Gasteiger partial charge in [-0.25, -0.2) is 8.42 Å². The van der Waals surface area contributed by atoms with Gasteiger partial charge < -0.3 is 15.0 Å². The molecule has 3 fully saturated rings. The van der Waals surface area contributed by atoms with Gasteiger partial charge in [0.25, 0.3) is 0 Å². The molecule has 2 aliphatic heterocycles. The first-order chi connectivity index (χ1) is 12.4. The second-order valence-electron chi connectivity index (χ2n) is 7.44. The minimum Gasteiger partial charge on any atom is -0.379 e. The topological polar surface area (TPSA) is 96.0 Å². The van der Waals surface area contributed by atoms with Crippen LogP contribution in [0.25, 0.3) is 0 Å². The van der Waals surface area contributed by atoms with E-state index in [-0.39, 0.29) is 29.4 Å². The Bertz CT molecular complexity index is 641. The Balaban J connectivity index is 1.54. The molecule has 1 N–H and O–H groups in total. The molecule has 0 aromatic carbocycles. The van der Waals surface area contributed by atoms with Gasteiger partial charge in [-0.05, 0) is 26.2 Å². The Labute approximate surface area is 155 Å². The van der Waals surface area contributed by atoms with Crippen LogP contribution in [0.2, 0.25) is 0 Å². The molecule has 1 unspecified atom stereocenters. The Hall–Kier alpha value is -1.19. The van der Waals surface area contributed by atoms with Crippen molar-refractivity contribution < 1.29 is 22.7 Å². The van der Waals surface area contributed by atoms with Crippen molar-refractivity contribution in [1.82, 2.24) is 15.1 Å². The van der Waals surface area contributed by atoms with Crippen molar-refractivity contribution in [2.24, 2.45) is 5.41 Å². The summed E-state index contributed by atoms with van der Waals surface area (Å²) in [6, 6.07) is -0.295. The van der Waals surface area contributed by atoms with E-state index in [1.54, 1.807) is 4.90 Å². The van der Waals surface area contributed by atoms with E-state index in [1.807, 2.05) is 6.92 Å². The van der Waals surface area contributed by atoms with E-state index in [9.17, 15) is 18.0 Å². The van der Waals surface area contributed by atoms with Gasteiger partial charge in [0.2, 0.25) is 11.8 Å². The predicted octanol–water partition coefficient (Wildman–Crippen LogP) is -0.749. The van der Waals surface area contributed by atoms with Gasteiger partial charge in [0.05, 0.1) is 24.7 Å². The molecule has 8 nitrogen and oxygen atoms in total. The Kier molecular flexibility index (Phi) is 5.88. The fourth-order valence-corrected chi connectivity index (χ4v) is 5.58. The maximum atomic E-state index is 13.0. The molecule has 2 heterocycles. The van der Waals surface area contributed by atoms with E-state index < -0.39 is 15.3 Å². The maximum Gasteiger partial charge on any atom is 0.238 e. The van der Waals surface area contributed by atoms with Crippen LogP contribution in [0.3, 0.4) is 0 Å². The van der Waals surface area contributed by atoms with Crippen LogP contribution in [0.15, 0.2) is 0 Å². The highest BCUT2D eigenvalue weighted by Gasteiger charge is 2.58. The molecule has 1 aliphatic carbocycles. The molecule has 0 radical (unpaired) electrons. The minimum absolute atomic E-state index is 0.0152. The summed E-state index contributed by atoms with van der Waals surface area (Å²) >= 11 is 0. The third-order valence-electron chi connectivity index (χ3n) is 5.66. The van der Waals surface area contributed by atoms with Crippen LogP contribution in [0.5, 0.6) is 0 Å². The smallest absolute Gasteiger partial charge is 0.238 e. The standard InChI is InChI=1S/C17H29N3O5S/c1-2-20(14-3-12-26(23,24)13-14)16(22)17(4-5-17)15(21)18-6-7-19-8-10-25-11-9-19/h14H,2-13H2,1H3,(H,18,21). The first kappa shape index (κ1) is 19.6. The van der Waals surface area contributed by atoms with Crippen molar-refractivity contribution in [3.63, 3.8) is 0 Å². The molecule has 1 saturated carbocycles. The second kappa shape index (κ2) is 7.82. The molecule has 148 valence electrons. The first-order valence-electron chi connectivity index (χ1n) is 9.48. The summed E-state index contributed by atoms with van der Waals surface area (Å²) in [5, 5.41) is 2.91. The van der Waals surface area contributed by atoms with Crippen LogP contribution < -0.4 is 5.32 Å². The van der Waals surface area contributed by atoms with Crippen molar-refractivity contribution in [3.8, 4) is 0 Å². The third-order valence-corrected chi connectivity index (χ3v) is 7.41. The number of sulfone groups is 1. The zero-order chi connectivity index (χ0) is 18.8. The number of hydrogen-bond donors (Lipinski definition) is 1. The van der Waals surface area contributed by atoms with Gasteiger partial charge in [0.1, 0.15) is 5.41 Å². The highest BCUT2D eigenvalue weighted by molar-refractivity contribution is 7.91. The van der Waals surface area contributed by atoms with Crippen molar-refractivity contribution in [3.05, 3.63) is 0 Å². The summed E-state index contributed by atoms with van der Waals surface area (Å²) in [5.74, 6) is -0.275. The van der Waals surface area contributed by atoms with Crippen LogP contribution in [0, 0.1) is 5.41 Å². The average Bonchev–Trinajstić information content (AvgIpc) is 3.36. The summed E-state index contributed by atoms with van der Waals surface area (Å²) in [4.78, 5) is 29.5. The van der Waals surface area contributed by atoms with Gasteiger partial charge in [-0.15, -0.1) is 0 Å². The summed E-state index contributed by atoms with van der Waals surface area (Å²) in [6.07, 6.45) is 1.56. The number of amides is 2. The summed E-state index contributed by atoms with van der Waals surface area (Å²) in [5.41, 5.74) is -0.979. The normalized spacial score (nSPS) is 27.0. The van der Waals surface area contributed by atoms with Crippen LogP contribution in [0.4, 0.5) is 0 Å². The molecule has 0 aromatic heterocycles. The minimum atomic E-state index is -3.07. The molecule has 2 saturated heterocycles. The van der Waals surface area contributed by atoms with Crippen LogP contribution in [0.1, 0.15) is 26.2 Å². The Morgan fingerprint density at radius 3 is 2.50 bits per heavy atom. The number of morpholine rings is 1. The molecule has 2 amide bonds. The van der Waals surface area contributed by atoms with Gasteiger partial charge >= 0.3 is 0 Å². The summed E-state index contributed by atoms with van der Waals surface area (Å²) in [7, 11) is -3.07. The molecule has 0 bridgehead atoms. The fraction of sp³-hybridized carbons (Fsp3) is 0.882. The molecule has 9 heteroatoms. The lowest BCUT2D eigenvalue weighted by molar-refractivity contribution is -0.145. The van der Waals surface area contributed by atoms with Crippen LogP contribution >= 0.6 is 0 Å². The zero-order valence-electron chi connectivity index (χ0n) is 15.4. The number of rotatable bonds is 7. The number of nitrogens with zero attached hydrogens (tertiary/aromatic N) is 2. The molecular formula is C17H29N3O5S. The van der Waals surface area contributed by atoms with Crippen molar-refractivity contribution >= 4 is 21.7 Å². The number of nitrogens with one attached hydrogen (secondary N) is 1. The maximum absolute atomic E-state index is 13.0. The van der Waals surface area contributed by atoms with E-state index in [0.717, 1.165) is 19.6 Å². The number of carbonyl (C=O) groups excluding carboxylic acids is 2. The largest absolute Gasteiger partial charge is 0.379 e. The Morgan fingerprint density at radius 2 is 1.96 bits per heavy atom. The van der Waals surface area contributed by atoms with Gasteiger partial charge in [0, 0.05) is 38.8 Å². The molecule has 3 aliphatic rings. The number of carbonyl (C=O) groups is 2. The molecular weight excluding hydrogens is 358 g/mol. The monoisotopic (exact) mass is 387 g/mol. The lowest BCUT2D eigenvalue weighted by atomic mass is 10.0. The molecule has 26 heavy (non-hydrogen) atoms. The lowest BCUT2D eigenvalue weighted by Crippen LogP contribution is -2.50. The van der Waals surface area contributed by atoms with E-state index in [1.165, 1.54) is 0 Å². The fourth-order valence-electron chi connectivity index (χ4n) is 3.85. The average molecular weight is 388 g/mol. The number of ether oxygens (including phenoxy) is 1. The van der Waals surface area contributed by atoms with Crippen LogP contribution in [-0.4, -0.2) is 93.5 Å².